The number of nitrogens with zero attached hydrogens (tertiary/aromatic N) is 2. The summed E-state index contributed by atoms with van der Waals surface area (Å²) < 4.78 is 11.8. The molecule has 0 saturated carbocycles. The summed E-state index contributed by atoms with van der Waals surface area (Å²) in [7, 11) is 1.62. The first kappa shape index (κ1) is 24.5. The molecule has 1 aliphatic heterocycles. The topological polar surface area (TPSA) is 88.3 Å². The van der Waals surface area contributed by atoms with Gasteiger partial charge in [-0.2, -0.15) is 0 Å². The standard InChI is InChI=1S/C24H32BrN3O4/c1-3-17-4-5-18(14-22(17)25)23(24(26)30)28-12-10-27(11-13-28)15-19(29)16-32-21-8-6-20(31-2)7-9-21/h4-9,14,19,23,29H,3,10-13,15-16H2,1-2H3,(H2,26,30). The van der Waals surface area contributed by atoms with Crippen molar-refractivity contribution in [1.82, 2.24) is 9.80 Å². The Bertz CT molecular complexity index is 885. The fourth-order valence-electron chi connectivity index (χ4n) is 3.99. The van der Waals surface area contributed by atoms with Crippen LogP contribution in [0.2, 0.25) is 0 Å². The van der Waals surface area contributed by atoms with Crippen LogP contribution in [-0.4, -0.2) is 73.4 Å². The number of carbonyl (C=O) groups excluding carboxylic acids is 1. The number of methoxy groups -OCH3 is 1. The quantitative estimate of drug-likeness (QED) is 0.515. The van der Waals surface area contributed by atoms with Gasteiger partial charge in [-0.05, 0) is 47.9 Å². The first-order valence-corrected chi connectivity index (χ1v) is 11.7. The molecule has 1 aliphatic rings. The molecule has 2 unspecified atom stereocenters. The van der Waals surface area contributed by atoms with E-state index in [0.717, 1.165) is 35.3 Å². The summed E-state index contributed by atoms with van der Waals surface area (Å²) in [5, 5.41) is 10.4. The molecule has 0 radical (unpaired) electrons. The lowest BCUT2D eigenvalue weighted by atomic mass is 10.0. The van der Waals surface area contributed by atoms with E-state index in [0.29, 0.717) is 25.4 Å². The van der Waals surface area contributed by atoms with Crippen LogP contribution < -0.4 is 15.2 Å². The van der Waals surface area contributed by atoms with Crippen LogP contribution in [-0.2, 0) is 11.2 Å². The molecule has 8 heteroatoms. The number of halogens is 1. The smallest absolute Gasteiger partial charge is 0.239 e. The highest BCUT2D eigenvalue weighted by atomic mass is 79.9. The van der Waals surface area contributed by atoms with Crippen molar-refractivity contribution in [2.75, 3.05) is 46.4 Å². The van der Waals surface area contributed by atoms with E-state index in [4.69, 9.17) is 15.2 Å². The van der Waals surface area contributed by atoms with Crippen molar-refractivity contribution in [3.8, 4) is 11.5 Å². The van der Waals surface area contributed by atoms with Gasteiger partial charge in [0.25, 0.3) is 0 Å². The molecule has 3 N–H and O–H groups in total. The number of benzene rings is 2. The SMILES string of the molecule is CCc1ccc(C(C(N)=O)N2CCN(CC(O)COc3ccc(OC)cc3)CC2)cc1Br. The molecule has 0 bridgehead atoms. The van der Waals surface area contributed by atoms with E-state index in [9.17, 15) is 9.90 Å². The van der Waals surface area contributed by atoms with Gasteiger partial charge in [0.05, 0.1) is 7.11 Å². The lowest BCUT2D eigenvalue weighted by Gasteiger charge is -2.38. The molecule has 1 saturated heterocycles. The predicted octanol–water partition coefficient (Wildman–Crippen LogP) is 2.60. The molecule has 2 aromatic carbocycles. The lowest BCUT2D eigenvalue weighted by Crippen LogP contribution is -2.52. The van der Waals surface area contributed by atoms with Crippen molar-refractivity contribution in [3.05, 3.63) is 58.1 Å². The molecule has 174 valence electrons. The maximum absolute atomic E-state index is 12.3. The highest BCUT2D eigenvalue weighted by Gasteiger charge is 2.30. The van der Waals surface area contributed by atoms with Crippen molar-refractivity contribution in [3.63, 3.8) is 0 Å². The van der Waals surface area contributed by atoms with Crippen LogP contribution in [0.25, 0.3) is 0 Å². The number of aryl methyl sites for hydroxylation is 1. The van der Waals surface area contributed by atoms with Gasteiger partial charge in [0.2, 0.25) is 5.91 Å². The molecule has 1 amide bonds. The van der Waals surface area contributed by atoms with E-state index >= 15 is 0 Å². The molecule has 2 atom stereocenters. The zero-order chi connectivity index (χ0) is 23.1. The Kier molecular flexibility index (Phi) is 8.92. The third-order valence-electron chi connectivity index (χ3n) is 5.79. The van der Waals surface area contributed by atoms with Crippen LogP contribution in [0.3, 0.4) is 0 Å². The summed E-state index contributed by atoms with van der Waals surface area (Å²) in [6, 6.07) is 12.9. The van der Waals surface area contributed by atoms with Gasteiger partial charge in [-0.25, -0.2) is 0 Å². The summed E-state index contributed by atoms with van der Waals surface area (Å²) in [5.41, 5.74) is 7.88. The van der Waals surface area contributed by atoms with E-state index in [-0.39, 0.29) is 12.5 Å². The Morgan fingerprint density at radius 2 is 1.78 bits per heavy atom. The van der Waals surface area contributed by atoms with E-state index in [1.807, 2.05) is 42.5 Å². The molecule has 3 rings (SSSR count). The number of ether oxygens (including phenoxy) is 2. The summed E-state index contributed by atoms with van der Waals surface area (Å²) in [5.74, 6) is 1.11. The summed E-state index contributed by atoms with van der Waals surface area (Å²) in [6.07, 6.45) is 0.318. The Labute approximate surface area is 198 Å². The molecule has 2 aromatic rings. The van der Waals surface area contributed by atoms with Crippen LogP contribution >= 0.6 is 15.9 Å². The largest absolute Gasteiger partial charge is 0.497 e. The van der Waals surface area contributed by atoms with Gasteiger partial charge >= 0.3 is 0 Å². The average molecular weight is 506 g/mol. The van der Waals surface area contributed by atoms with Gasteiger partial charge in [0.1, 0.15) is 30.3 Å². The molecular formula is C24H32BrN3O4. The molecular weight excluding hydrogens is 474 g/mol. The Balaban J connectivity index is 1.50. The molecule has 0 spiro atoms. The van der Waals surface area contributed by atoms with E-state index in [1.165, 1.54) is 5.56 Å². The van der Waals surface area contributed by atoms with Gasteiger partial charge in [0, 0.05) is 37.2 Å². The molecule has 32 heavy (non-hydrogen) atoms. The van der Waals surface area contributed by atoms with Crippen molar-refractivity contribution in [2.45, 2.75) is 25.5 Å². The van der Waals surface area contributed by atoms with Gasteiger partial charge < -0.3 is 20.3 Å². The van der Waals surface area contributed by atoms with E-state index < -0.39 is 12.1 Å². The first-order chi connectivity index (χ1) is 15.4. The van der Waals surface area contributed by atoms with Crippen molar-refractivity contribution in [1.29, 1.82) is 0 Å². The number of aliphatic hydroxyl groups excluding tert-OH is 1. The van der Waals surface area contributed by atoms with Gasteiger partial charge in [0.15, 0.2) is 0 Å². The number of primary amides is 1. The minimum Gasteiger partial charge on any atom is -0.497 e. The Hall–Kier alpha value is -2.13. The first-order valence-electron chi connectivity index (χ1n) is 10.9. The van der Waals surface area contributed by atoms with Crippen LogP contribution in [0.15, 0.2) is 46.9 Å². The maximum Gasteiger partial charge on any atom is 0.239 e. The number of rotatable bonds is 10. The number of hydrogen-bond acceptors (Lipinski definition) is 6. The molecule has 0 aliphatic carbocycles. The Morgan fingerprint density at radius 1 is 1.12 bits per heavy atom. The monoisotopic (exact) mass is 505 g/mol. The van der Waals surface area contributed by atoms with Crippen LogP contribution in [0.5, 0.6) is 11.5 Å². The highest BCUT2D eigenvalue weighted by molar-refractivity contribution is 9.10. The summed E-state index contributed by atoms with van der Waals surface area (Å²) in [4.78, 5) is 16.6. The van der Waals surface area contributed by atoms with E-state index in [2.05, 4.69) is 32.7 Å². The average Bonchev–Trinajstić information content (AvgIpc) is 2.79. The Morgan fingerprint density at radius 3 is 2.34 bits per heavy atom. The van der Waals surface area contributed by atoms with Gasteiger partial charge in [-0.3, -0.25) is 14.6 Å². The summed E-state index contributed by atoms with van der Waals surface area (Å²) >= 11 is 3.60. The van der Waals surface area contributed by atoms with Crippen molar-refractivity contribution >= 4 is 21.8 Å². The second-order valence-corrected chi connectivity index (χ2v) is 8.84. The van der Waals surface area contributed by atoms with Crippen molar-refractivity contribution < 1.29 is 19.4 Å². The van der Waals surface area contributed by atoms with Crippen LogP contribution in [0.1, 0.15) is 24.1 Å². The number of β-amino-alcohol motifs (C(OH)–C–C–N with tert-alkyl or cyclic N) is 1. The van der Waals surface area contributed by atoms with Crippen LogP contribution in [0.4, 0.5) is 0 Å². The molecule has 1 heterocycles. The zero-order valence-electron chi connectivity index (χ0n) is 18.7. The minimum atomic E-state index is -0.604. The maximum atomic E-state index is 12.3. The lowest BCUT2D eigenvalue weighted by molar-refractivity contribution is -0.124. The highest BCUT2D eigenvalue weighted by Crippen LogP contribution is 2.27. The number of aliphatic hydroxyl groups is 1. The number of carbonyl (C=O) groups is 1. The zero-order valence-corrected chi connectivity index (χ0v) is 20.3. The predicted molar refractivity (Wildman–Crippen MR) is 128 cm³/mol. The molecule has 1 fully saturated rings. The number of hydrogen-bond donors (Lipinski definition) is 2. The normalized spacial score (nSPS) is 17.0. The second kappa shape index (κ2) is 11.7. The van der Waals surface area contributed by atoms with Gasteiger partial charge in [-0.15, -0.1) is 0 Å². The molecule has 0 aromatic heterocycles. The number of amides is 1. The van der Waals surface area contributed by atoms with Gasteiger partial charge in [-0.1, -0.05) is 35.0 Å². The molecule has 7 nitrogen and oxygen atoms in total. The fraction of sp³-hybridized carbons (Fsp3) is 0.458. The third-order valence-corrected chi connectivity index (χ3v) is 6.52. The second-order valence-electron chi connectivity index (χ2n) is 7.99. The number of nitrogens with two attached hydrogens (primary N) is 1. The van der Waals surface area contributed by atoms with E-state index in [1.54, 1.807) is 7.11 Å². The number of piperazine rings is 1. The van der Waals surface area contributed by atoms with Crippen molar-refractivity contribution in [2.24, 2.45) is 5.73 Å². The summed E-state index contributed by atoms with van der Waals surface area (Å²) in [6.45, 7) is 5.73. The third kappa shape index (κ3) is 6.45. The fourth-order valence-corrected chi connectivity index (χ4v) is 4.67. The minimum absolute atomic E-state index is 0.217. The van der Waals surface area contributed by atoms with Crippen LogP contribution in [0, 0.1) is 0 Å².